The van der Waals surface area contributed by atoms with Gasteiger partial charge >= 0.3 is 0 Å². The molecule has 2 aromatic heterocycles. The van der Waals surface area contributed by atoms with Crippen molar-refractivity contribution in [3.8, 4) is 44.5 Å². The number of rotatable bonds is 12. The van der Waals surface area contributed by atoms with E-state index in [1.165, 1.54) is 55.6 Å². The number of fused-ring (bicyclic) bond motifs is 8. The Hall–Kier alpha value is -10.4. The molecule has 0 aliphatic carbocycles. The predicted octanol–water partition coefficient (Wildman–Crippen LogP) is 24.9. The van der Waals surface area contributed by atoms with Gasteiger partial charge in [0, 0.05) is 66.8 Å². The lowest BCUT2D eigenvalue weighted by Gasteiger charge is -2.30. The summed E-state index contributed by atoms with van der Waals surface area (Å²) in [7, 11) is 0. The van der Waals surface area contributed by atoms with E-state index in [-0.39, 0.29) is 0 Å². The molecule has 0 aliphatic rings. The molecule has 426 valence electrons. The third-order valence-corrected chi connectivity index (χ3v) is 18.3. The molecule has 0 unspecified atom stereocenters. The van der Waals surface area contributed by atoms with Crippen LogP contribution in [-0.4, -0.2) is 0 Å². The molecule has 4 heteroatoms. The summed E-state index contributed by atoms with van der Waals surface area (Å²) in [6.45, 7) is 18.0. The van der Waals surface area contributed by atoms with Crippen molar-refractivity contribution in [2.45, 2.75) is 67.2 Å². The molecule has 88 heavy (non-hydrogen) atoms. The molecule has 0 bridgehead atoms. The first-order chi connectivity index (χ1) is 42.9. The van der Waals surface area contributed by atoms with E-state index in [0.29, 0.717) is 11.8 Å². The van der Waals surface area contributed by atoms with Gasteiger partial charge in [0.15, 0.2) is 0 Å². The van der Waals surface area contributed by atoms with Crippen molar-refractivity contribution in [1.82, 2.24) is 0 Å². The summed E-state index contributed by atoms with van der Waals surface area (Å²) < 4.78 is 15.0. The van der Waals surface area contributed by atoms with Crippen LogP contribution in [0.2, 0.25) is 0 Å². The third kappa shape index (κ3) is 9.39. The van der Waals surface area contributed by atoms with E-state index in [2.05, 4.69) is 320 Å². The maximum atomic E-state index is 7.48. The van der Waals surface area contributed by atoms with Crippen LogP contribution in [-0.2, 0) is 0 Å². The molecular weight excluding hydrogens is 1070 g/mol. The largest absolute Gasteiger partial charge is 0.455 e. The second kappa shape index (κ2) is 21.8. The van der Waals surface area contributed by atoms with E-state index in [4.69, 9.17) is 8.83 Å². The second-order valence-corrected chi connectivity index (χ2v) is 24.7. The number of nitrogens with zero attached hydrogens (tertiary/aromatic N) is 2. The lowest BCUT2D eigenvalue weighted by Crippen LogP contribution is -2.13. The smallest absolute Gasteiger partial charge is 0.144 e. The van der Waals surface area contributed by atoms with Crippen LogP contribution in [0.4, 0.5) is 34.1 Å². The molecule has 0 amide bonds. The Morgan fingerprint density at radius 2 is 0.625 bits per heavy atom. The average Bonchev–Trinajstić information content (AvgIpc) is 1.64. The highest BCUT2D eigenvalue weighted by Crippen LogP contribution is 2.53. The highest BCUT2D eigenvalue weighted by molar-refractivity contribution is 6.31. The van der Waals surface area contributed by atoms with Gasteiger partial charge in [0.25, 0.3) is 0 Å². The van der Waals surface area contributed by atoms with Crippen LogP contribution in [0.15, 0.2) is 264 Å². The average molecular weight is 1140 g/mol. The molecule has 13 aromatic carbocycles. The summed E-state index contributed by atoms with van der Waals surface area (Å²) in [4.78, 5) is 4.93. The summed E-state index contributed by atoms with van der Waals surface area (Å²) in [5.41, 5.74) is 26.4. The van der Waals surface area contributed by atoms with E-state index in [1.807, 2.05) is 0 Å². The minimum Gasteiger partial charge on any atom is -0.455 e. The first kappa shape index (κ1) is 54.2. The van der Waals surface area contributed by atoms with Crippen LogP contribution in [0.1, 0.15) is 72.9 Å². The zero-order valence-electron chi connectivity index (χ0n) is 51.1. The van der Waals surface area contributed by atoms with E-state index in [9.17, 15) is 0 Å². The number of hydrogen-bond acceptors (Lipinski definition) is 4. The number of aryl methyl sites for hydroxylation is 4. The Balaban J connectivity index is 0.947. The Morgan fingerprint density at radius 1 is 0.284 bits per heavy atom. The molecule has 15 aromatic rings. The zero-order valence-corrected chi connectivity index (χ0v) is 51.1. The molecule has 0 saturated heterocycles. The van der Waals surface area contributed by atoms with Gasteiger partial charge in [0.1, 0.15) is 22.3 Å². The summed E-state index contributed by atoms with van der Waals surface area (Å²) in [5, 5.41) is 8.56. The maximum Gasteiger partial charge on any atom is 0.144 e. The SMILES string of the molecule is Cc1ccc(-c2ccccc2)cc1N(c1ccc2cc3c(cc2c1)oc1c(-c2ccccc2)c2c(oc4cc5cc(N(c6cc(-c7ccccc7)ccc6C)c6cc(C(C)C)ccc6C)ccc5cc42)c(-c2ccccc2)c13)c1cc(C(C)C)ccc1C. The van der Waals surface area contributed by atoms with E-state index in [0.717, 1.165) is 122 Å². The summed E-state index contributed by atoms with van der Waals surface area (Å²) in [6, 6.07) is 93.5. The van der Waals surface area contributed by atoms with Crippen LogP contribution >= 0.6 is 0 Å². The van der Waals surface area contributed by atoms with E-state index < -0.39 is 0 Å². The molecule has 0 radical (unpaired) electrons. The van der Waals surface area contributed by atoms with E-state index in [1.54, 1.807) is 0 Å². The fourth-order valence-corrected chi connectivity index (χ4v) is 13.4. The molecule has 0 fully saturated rings. The number of hydrogen-bond donors (Lipinski definition) is 0. The van der Waals surface area contributed by atoms with Gasteiger partial charge in [-0.25, -0.2) is 0 Å². The van der Waals surface area contributed by atoms with Crippen molar-refractivity contribution < 1.29 is 8.83 Å². The third-order valence-electron chi connectivity index (χ3n) is 18.3. The second-order valence-electron chi connectivity index (χ2n) is 24.7. The van der Waals surface area contributed by atoms with Crippen LogP contribution in [0.5, 0.6) is 0 Å². The first-order valence-electron chi connectivity index (χ1n) is 30.9. The molecule has 0 saturated carbocycles. The fraction of sp³-hybridized carbons (Fsp3) is 0.119. The van der Waals surface area contributed by atoms with Crippen LogP contribution in [0.3, 0.4) is 0 Å². The first-order valence-corrected chi connectivity index (χ1v) is 30.9. The Bertz CT molecular complexity index is 4860. The molecule has 0 aliphatic heterocycles. The van der Waals surface area contributed by atoms with Gasteiger partial charge in [-0.1, -0.05) is 210 Å². The maximum absolute atomic E-state index is 7.48. The Kier molecular flexibility index (Phi) is 13.5. The van der Waals surface area contributed by atoms with Gasteiger partial charge in [-0.05, 0) is 201 Å². The van der Waals surface area contributed by atoms with Crippen molar-refractivity contribution in [3.05, 3.63) is 288 Å². The molecule has 0 spiro atoms. The van der Waals surface area contributed by atoms with Crippen molar-refractivity contribution in [2.24, 2.45) is 0 Å². The van der Waals surface area contributed by atoms with Crippen LogP contribution < -0.4 is 9.80 Å². The zero-order chi connectivity index (χ0) is 59.9. The lowest BCUT2D eigenvalue weighted by atomic mass is 9.90. The minimum absolute atomic E-state index is 0.365. The van der Waals surface area contributed by atoms with Crippen molar-refractivity contribution >= 4 is 99.5 Å². The molecule has 15 rings (SSSR count). The standard InChI is InChI=1S/C84H68N2O2/c1-51(2)61-33-29-53(5)73(45-61)85(75-47-65(35-31-55(75)7)57-21-13-9-14-22-57)69-39-37-63-43-71-77(49-67(63)41-69)87-83-80(60-27-19-12-20-28-60)82-72-44-64-38-40-70(42-68(64)50-78(72)88-84(82)79(81(71)83)59-25-17-11-18-26-59)86(74-46-62(52(3)4)34-30-54(74)6)76-48-66(36-32-56(76)8)58-23-15-10-16-24-58/h9-52H,1-8H3. The normalized spacial score (nSPS) is 11.8. The quantitative estimate of drug-likeness (QED) is 0.122. The summed E-state index contributed by atoms with van der Waals surface area (Å²) in [6.07, 6.45) is 0. The molecule has 2 heterocycles. The van der Waals surface area contributed by atoms with E-state index >= 15 is 0 Å². The Labute approximate surface area is 515 Å². The molecule has 4 nitrogen and oxygen atoms in total. The predicted molar refractivity (Wildman–Crippen MR) is 374 cm³/mol. The van der Waals surface area contributed by atoms with Gasteiger partial charge in [0.05, 0.1) is 0 Å². The number of benzene rings is 13. The Morgan fingerprint density at radius 3 is 0.989 bits per heavy atom. The number of anilines is 6. The highest BCUT2D eigenvalue weighted by Gasteiger charge is 2.29. The topological polar surface area (TPSA) is 32.8 Å². The van der Waals surface area contributed by atoms with Crippen molar-refractivity contribution in [2.75, 3.05) is 9.80 Å². The minimum atomic E-state index is 0.365. The fourth-order valence-electron chi connectivity index (χ4n) is 13.4. The van der Waals surface area contributed by atoms with Gasteiger partial charge < -0.3 is 18.6 Å². The number of furan rings is 2. The molecular formula is C84H68N2O2. The highest BCUT2D eigenvalue weighted by atomic mass is 16.3. The summed E-state index contributed by atoms with van der Waals surface area (Å²) >= 11 is 0. The van der Waals surface area contributed by atoms with Crippen molar-refractivity contribution in [1.29, 1.82) is 0 Å². The molecule has 0 N–H and O–H groups in total. The lowest BCUT2D eigenvalue weighted by molar-refractivity contribution is 0.666. The monoisotopic (exact) mass is 1140 g/mol. The molecule has 0 atom stereocenters. The van der Waals surface area contributed by atoms with Crippen LogP contribution in [0, 0.1) is 27.7 Å². The van der Waals surface area contributed by atoms with Gasteiger partial charge in [-0.2, -0.15) is 0 Å². The van der Waals surface area contributed by atoms with Gasteiger partial charge in [0.2, 0.25) is 0 Å². The van der Waals surface area contributed by atoms with Crippen molar-refractivity contribution in [3.63, 3.8) is 0 Å². The van der Waals surface area contributed by atoms with Gasteiger partial charge in [-0.15, -0.1) is 0 Å². The van der Waals surface area contributed by atoms with Gasteiger partial charge in [-0.3, -0.25) is 0 Å². The van der Waals surface area contributed by atoms with Crippen LogP contribution in [0.25, 0.3) is 110 Å². The summed E-state index contributed by atoms with van der Waals surface area (Å²) in [5.74, 6) is 0.731.